The number of aryl methyl sites for hydroxylation is 1. The fourth-order valence-electron chi connectivity index (χ4n) is 3.78. The van der Waals surface area contributed by atoms with Crippen LogP contribution in [0.1, 0.15) is 44.7 Å². The van der Waals surface area contributed by atoms with Crippen molar-refractivity contribution in [3.63, 3.8) is 0 Å². The summed E-state index contributed by atoms with van der Waals surface area (Å²) < 4.78 is 31.6. The number of sulfonamides is 1. The van der Waals surface area contributed by atoms with Gasteiger partial charge in [0.2, 0.25) is 21.8 Å². The Kier molecular flexibility index (Phi) is 10.1. The maximum atomic E-state index is 13.3. The highest BCUT2D eigenvalue weighted by Crippen LogP contribution is 2.29. The van der Waals surface area contributed by atoms with Crippen LogP contribution in [0.5, 0.6) is 5.75 Å². The predicted molar refractivity (Wildman–Crippen MR) is 139 cm³/mol. The number of rotatable bonds is 12. The molecule has 2 rings (SSSR count). The van der Waals surface area contributed by atoms with Gasteiger partial charge in [-0.15, -0.1) is 0 Å². The molecule has 0 spiro atoms. The number of nitrogens with one attached hydrogen (secondary N) is 1. The molecule has 0 saturated carbocycles. The van der Waals surface area contributed by atoms with Gasteiger partial charge in [-0.25, -0.2) is 8.42 Å². The molecule has 1 atom stereocenters. The minimum atomic E-state index is -3.60. The monoisotopic (exact) mass is 503 g/mol. The number of ether oxygens (including phenoxy) is 1. The van der Waals surface area contributed by atoms with Gasteiger partial charge in [0.05, 0.1) is 19.1 Å². The van der Waals surface area contributed by atoms with E-state index in [9.17, 15) is 18.0 Å². The summed E-state index contributed by atoms with van der Waals surface area (Å²) in [4.78, 5) is 27.6. The molecule has 35 heavy (non-hydrogen) atoms. The maximum Gasteiger partial charge on any atom is 0.242 e. The number of benzene rings is 2. The van der Waals surface area contributed by atoms with Crippen LogP contribution in [-0.4, -0.2) is 57.1 Å². The Morgan fingerprint density at radius 1 is 1.03 bits per heavy atom. The first-order chi connectivity index (χ1) is 16.5. The zero-order valence-electron chi connectivity index (χ0n) is 21.4. The molecule has 0 aliphatic heterocycles. The normalized spacial score (nSPS) is 12.2. The van der Waals surface area contributed by atoms with E-state index in [1.807, 2.05) is 45.0 Å². The lowest BCUT2D eigenvalue weighted by molar-refractivity contribution is -0.140. The summed E-state index contributed by atoms with van der Waals surface area (Å²) in [7, 11) is -2.12. The average Bonchev–Trinajstić information content (AvgIpc) is 2.79. The molecule has 0 aliphatic carbocycles. The molecule has 8 nitrogen and oxygen atoms in total. The summed E-state index contributed by atoms with van der Waals surface area (Å²) in [5.41, 5.74) is 2.41. The largest absolute Gasteiger partial charge is 0.495 e. The smallest absolute Gasteiger partial charge is 0.242 e. The Morgan fingerprint density at radius 3 is 2.26 bits per heavy atom. The first kappa shape index (κ1) is 28.2. The zero-order valence-corrected chi connectivity index (χ0v) is 22.3. The molecule has 0 aromatic heterocycles. The molecule has 1 unspecified atom stereocenters. The van der Waals surface area contributed by atoms with Crippen molar-refractivity contribution < 1.29 is 22.7 Å². The van der Waals surface area contributed by atoms with E-state index >= 15 is 0 Å². The van der Waals surface area contributed by atoms with Crippen LogP contribution in [0.25, 0.3) is 0 Å². The van der Waals surface area contributed by atoms with Crippen molar-refractivity contribution in [2.24, 2.45) is 0 Å². The van der Waals surface area contributed by atoms with E-state index in [0.29, 0.717) is 18.0 Å². The van der Waals surface area contributed by atoms with Gasteiger partial charge in [-0.1, -0.05) is 36.4 Å². The van der Waals surface area contributed by atoms with E-state index in [1.165, 1.54) is 11.4 Å². The van der Waals surface area contributed by atoms with Gasteiger partial charge in [-0.2, -0.15) is 0 Å². The number of para-hydroxylation sites is 2. The molecular formula is C26H37N3O5S. The quantitative estimate of drug-likeness (QED) is 0.478. The molecule has 0 saturated heterocycles. The summed E-state index contributed by atoms with van der Waals surface area (Å²) in [6.45, 7) is 7.82. The topological polar surface area (TPSA) is 96.0 Å². The molecule has 0 aliphatic rings. The average molecular weight is 504 g/mol. The maximum absolute atomic E-state index is 13.3. The number of carbonyl (C=O) groups excluding carboxylic acids is 2. The molecule has 0 heterocycles. The van der Waals surface area contributed by atoms with Crippen LogP contribution in [-0.2, 0) is 26.2 Å². The molecule has 0 fully saturated rings. The van der Waals surface area contributed by atoms with Gasteiger partial charge in [0.25, 0.3) is 0 Å². The molecular weight excluding hydrogens is 466 g/mol. The van der Waals surface area contributed by atoms with Crippen molar-refractivity contribution in [1.29, 1.82) is 0 Å². The minimum absolute atomic E-state index is 0.0514. The van der Waals surface area contributed by atoms with Crippen LogP contribution in [0.15, 0.2) is 48.5 Å². The lowest BCUT2D eigenvalue weighted by atomic mass is 10.1. The SMILES string of the molecule is COc1ccccc1N(CCCC(=O)N(Cc1ccccc1C)C(C)C(=O)NC(C)C)S(C)(=O)=O. The van der Waals surface area contributed by atoms with E-state index in [1.54, 1.807) is 36.1 Å². The van der Waals surface area contributed by atoms with Crippen molar-refractivity contribution in [2.45, 2.75) is 59.2 Å². The molecule has 2 aromatic carbocycles. The molecule has 0 radical (unpaired) electrons. The van der Waals surface area contributed by atoms with Gasteiger partial charge >= 0.3 is 0 Å². The fraction of sp³-hybridized carbons (Fsp3) is 0.462. The number of nitrogens with zero attached hydrogens (tertiary/aromatic N) is 2. The van der Waals surface area contributed by atoms with Crippen LogP contribution in [0, 0.1) is 6.92 Å². The summed E-state index contributed by atoms with van der Waals surface area (Å²) in [5.74, 6) is -0.00809. The lowest BCUT2D eigenvalue weighted by Gasteiger charge is -2.30. The molecule has 2 amide bonds. The number of hydrogen-bond donors (Lipinski definition) is 1. The van der Waals surface area contributed by atoms with Crippen LogP contribution in [0.4, 0.5) is 5.69 Å². The van der Waals surface area contributed by atoms with Crippen molar-refractivity contribution in [1.82, 2.24) is 10.2 Å². The second-order valence-corrected chi connectivity index (χ2v) is 10.8. The Morgan fingerprint density at radius 2 is 1.66 bits per heavy atom. The number of anilines is 1. The van der Waals surface area contributed by atoms with Gasteiger partial charge < -0.3 is 15.0 Å². The first-order valence-electron chi connectivity index (χ1n) is 11.7. The third-order valence-electron chi connectivity index (χ3n) is 5.71. The van der Waals surface area contributed by atoms with Gasteiger partial charge in [0.15, 0.2) is 0 Å². The molecule has 1 N–H and O–H groups in total. The summed E-state index contributed by atoms with van der Waals surface area (Å²) in [6, 6.07) is 13.9. The number of methoxy groups -OCH3 is 1. The highest BCUT2D eigenvalue weighted by Gasteiger charge is 2.27. The van der Waals surface area contributed by atoms with E-state index in [4.69, 9.17) is 4.74 Å². The van der Waals surface area contributed by atoms with Gasteiger partial charge in [0, 0.05) is 25.6 Å². The van der Waals surface area contributed by atoms with Gasteiger partial charge in [0.1, 0.15) is 11.8 Å². The van der Waals surface area contributed by atoms with Crippen molar-refractivity contribution >= 4 is 27.5 Å². The van der Waals surface area contributed by atoms with E-state index in [-0.39, 0.29) is 37.2 Å². The third-order valence-corrected chi connectivity index (χ3v) is 6.89. The number of hydrogen-bond acceptors (Lipinski definition) is 5. The second-order valence-electron chi connectivity index (χ2n) is 8.90. The molecule has 2 aromatic rings. The minimum Gasteiger partial charge on any atom is -0.495 e. The number of amides is 2. The summed E-state index contributed by atoms with van der Waals surface area (Å²) in [5, 5.41) is 2.87. The molecule has 9 heteroatoms. The first-order valence-corrected chi connectivity index (χ1v) is 13.6. The Labute approximate surface area is 209 Å². The van der Waals surface area contributed by atoms with E-state index in [0.717, 1.165) is 17.4 Å². The van der Waals surface area contributed by atoms with Crippen LogP contribution < -0.4 is 14.4 Å². The summed E-state index contributed by atoms with van der Waals surface area (Å²) in [6.07, 6.45) is 1.50. The van der Waals surface area contributed by atoms with E-state index < -0.39 is 16.1 Å². The standard InChI is InChI=1S/C26H37N3O5S/c1-19(2)27-26(31)21(4)28(18-22-13-8-7-12-20(22)3)25(30)16-11-17-29(35(6,32)33)23-14-9-10-15-24(23)34-5/h7-10,12-15,19,21H,11,16-18H2,1-6H3,(H,27,31). The lowest BCUT2D eigenvalue weighted by Crippen LogP contribution is -2.49. The van der Waals surface area contributed by atoms with Crippen molar-refractivity contribution in [3.8, 4) is 5.75 Å². The van der Waals surface area contributed by atoms with Crippen LogP contribution in [0.2, 0.25) is 0 Å². The molecule has 0 bridgehead atoms. The Bertz CT molecular complexity index is 1120. The highest BCUT2D eigenvalue weighted by atomic mass is 32.2. The third kappa shape index (κ3) is 7.99. The Balaban J connectivity index is 2.21. The highest BCUT2D eigenvalue weighted by molar-refractivity contribution is 7.92. The van der Waals surface area contributed by atoms with Crippen LogP contribution in [0.3, 0.4) is 0 Å². The predicted octanol–water partition coefficient (Wildman–Crippen LogP) is 3.49. The van der Waals surface area contributed by atoms with Gasteiger partial charge in [-0.05, 0) is 57.4 Å². The van der Waals surface area contributed by atoms with Crippen molar-refractivity contribution in [3.05, 3.63) is 59.7 Å². The second kappa shape index (κ2) is 12.6. The van der Waals surface area contributed by atoms with E-state index in [2.05, 4.69) is 5.32 Å². The fourth-order valence-corrected chi connectivity index (χ4v) is 4.75. The van der Waals surface area contributed by atoms with Crippen molar-refractivity contribution in [2.75, 3.05) is 24.2 Å². The number of carbonyl (C=O) groups is 2. The summed E-state index contributed by atoms with van der Waals surface area (Å²) >= 11 is 0. The van der Waals surface area contributed by atoms with Crippen LogP contribution >= 0.6 is 0 Å². The zero-order chi connectivity index (χ0) is 26.2. The van der Waals surface area contributed by atoms with Gasteiger partial charge in [-0.3, -0.25) is 13.9 Å². The molecule has 192 valence electrons. The Hall–Kier alpha value is -3.07.